The van der Waals surface area contributed by atoms with Gasteiger partial charge in [-0.3, -0.25) is 4.79 Å². The first kappa shape index (κ1) is 15.8. The van der Waals surface area contributed by atoms with Gasteiger partial charge in [0.05, 0.1) is 13.0 Å². The number of unbranched alkanes of at least 4 members (excludes halogenated alkanes) is 1. The van der Waals surface area contributed by atoms with Gasteiger partial charge in [0.15, 0.2) is 17.5 Å². The summed E-state index contributed by atoms with van der Waals surface area (Å²) in [6.07, 6.45) is 1.46. The summed E-state index contributed by atoms with van der Waals surface area (Å²) in [4.78, 5) is 11.6. The van der Waals surface area contributed by atoms with Gasteiger partial charge >= 0.3 is 5.97 Å². The molecule has 0 saturated carbocycles. The van der Waals surface area contributed by atoms with E-state index < -0.39 is 29.3 Å². The van der Waals surface area contributed by atoms with Gasteiger partial charge in [0.2, 0.25) is 0 Å². The number of esters is 1. The molecule has 0 N–H and O–H groups in total. The highest BCUT2D eigenvalue weighted by Gasteiger charge is 2.26. The van der Waals surface area contributed by atoms with E-state index in [2.05, 4.69) is 4.74 Å². The van der Waals surface area contributed by atoms with Crippen molar-refractivity contribution < 1.29 is 22.7 Å². The van der Waals surface area contributed by atoms with E-state index in [9.17, 15) is 18.0 Å². The van der Waals surface area contributed by atoms with Crippen molar-refractivity contribution in [2.45, 2.75) is 25.2 Å². The van der Waals surface area contributed by atoms with Crippen molar-refractivity contribution in [2.24, 2.45) is 0 Å². The first-order valence-electron chi connectivity index (χ1n) is 5.80. The van der Waals surface area contributed by atoms with Crippen LogP contribution in [0.2, 0.25) is 0 Å². The maximum atomic E-state index is 13.7. The van der Waals surface area contributed by atoms with Crippen molar-refractivity contribution in [1.29, 1.82) is 0 Å². The number of halogens is 4. The third kappa shape index (κ3) is 3.86. The Kier molecular flexibility index (Phi) is 6.15. The second kappa shape index (κ2) is 7.38. The quantitative estimate of drug-likeness (QED) is 0.345. The molecular weight excluding hydrogens is 281 g/mol. The molecule has 0 aliphatic heterocycles. The third-order valence-corrected chi connectivity index (χ3v) is 3.07. The predicted molar refractivity (Wildman–Crippen MR) is 65.6 cm³/mol. The Morgan fingerprint density at radius 3 is 2.53 bits per heavy atom. The van der Waals surface area contributed by atoms with Crippen LogP contribution in [-0.2, 0) is 9.53 Å². The fourth-order valence-corrected chi connectivity index (χ4v) is 1.98. The Morgan fingerprint density at radius 1 is 1.26 bits per heavy atom. The summed E-state index contributed by atoms with van der Waals surface area (Å²) in [7, 11) is 1.16. The summed E-state index contributed by atoms with van der Waals surface area (Å²) in [5, 5.41) is 0. The third-order valence-electron chi connectivity index (χ3n) is 2.80. The van der Waals surface area contributed by atoms with E-state index in [1.54, 1.807) is 0 Å². The Morgan fingerprint density at radius 2 is 1.95 bits per heavy atom. The Hall–Kier alpha value is -1.23. The number of hydrogen-bond donors (Lipinski definition) is 0. The van der Waals surface area contributed by atoms with Crippen LogP contribution in [0.25, 0.3) is 0 Å². The number of carbonyl (C=O) groups is 1. The molecule has 0 bridgehead atoms. The number of rotatable bonds is 6. The van der Waals surface area contributed by atoms with Crippen LogP contribution in [0, 0.1) is 17.5 Å². The van der Waals surface area contributed by atoms with Crippen molar-refractivity contribution in [3.8, 4) is 0 Å². The molecule has 0 amide bonds. The molecule has 0 aromatic heterocycles. The highest BCUT2D eigenvalue weighted by atomic mass is 35.5. The molecule has 0 saturated heterocycles. The zero-order valence-corrected chi connectivity index (χ0v) is 11.1. The molecule has 2 nitrogen and oxygen atoms in total. The van der Waals surface area contributed by atoms with E-state index in [-0.39, 0.29) is 12.0 Å². The highest BCUT2D eigenvalue weighted by molar-refractivity contribution is 6.17. The summed E-state index contributed by atoms with van der Waals surface area (Å²) in [5.74, 6) is -5.44. The first-order chi connectivity index (χ1) is 9.02. The molecular formula is C13H14ClF3O2. The molecule has 6 heteroatoms. The Balaban J connectivity index is 3.03. The van der Waals surface area contributed by atoms with E-state index in [1.807, 2.05) is 0 Å². The minimum atomic E-state index is -1.58. The maximum absolute atomic E-state index is 13.7. The molecule has 106 valence electrons. The van der Waals surface area contributed by atoms with Gasteiger partial charge in [-0.2, -0.15) is 0 Å². The highest BCUT2D eigenvalue weighted by Crippen LogP contribution is 2.28. The van der Waals surface area contributed by atoms with E-state index in [0.717, 1.165) is 19.2 Å². The lowest BCUT2D eigenvalue weighted by Gasteiger charge is -2.16. The topological polar surface area (TPSA) is 26.3 Å². The van der Waals surface area contributed by atoms with Crippen molar-refractivity contribution in [3.63, 3.8) is 0 Å². The smallest absolute Gasteiger partial charge is 0.313 e. The van der Waals surface area contributed by atoms with Crippen LogP contribution in [0.4, 0.5) is 13.2 Å². The largest absolute Gasteiger partial charge is 0.469 e. The molecule has 1 aromatic carbocycles. The molecule has 0 aliphatic rings. The van der Waals surface area contributed by atoms with Crippen LogP contribution in [0.1, 0.15) is 30.7 Å². The number of methoxy groups -OCH3 is 1. The zero-order valence-electron chi connectivity index (χ0n) is 10.4. The summed E-state index contributed by atoms with van der Waals surface area (Å²) in [6.45, 7) is 0. The van der Waals surface area contributed by atoms with E-state index >= 15 is 0 Å². The molecule has 0 heterocycles. The van der Waals surface area contributed by atoms with E-state index in [0.29, 0.717) is 18.7 Å². The van der Waals surface area contributed by atoms with Crippen LogP contribution in [0.5, 0.6) is 0 Å². The molecule has 1 rings (SSSR count). The number of alkyl halides is 1. The number of hydrogen-bond acceptors (Lipinski definition) is 2. The van der Waals surface area contributed by atoms with Gasteiger partial charge in [-0.15, -0.1) is 11.6 Å². The molecule has 0 aliphatic carbocycles. The molecule has 0 radical (unpaired) electrons. The minimum absolute atomic E-state index is 0.194. The summed E-state index contributed by atoms with van der Waals surface area (Å²) in [6, 6.07) is 1.86. The van der Waals surface area contributed by atoms with Gasteiger partial charge < -0.3 is 4.74 Å². The summed E-state index contributed by atoms with van der Waals surface area (Å²) in [5.41, 5.74) is -0.194. The first-order valence-corrected chi connectivity index (χ1v) is 6.33. The average Bonchev–Trinajstić information content (AvgIpc) is 2.41. The van der Waals surface area contributed by atoms with Gasteiger partial charge in [-0.1, -0.05) is 12.5 Å². The molecule has 1 aromatic rings. The van der Waals surface area contributed by atoms with Crippen molar-refractivity contribution in [2.75, 3.05) is 13.0 Å². The minimum Gasteiger partial charge on any atom is -0.469 e. The standard InChI is InChI=1S/C13H14ClF3O2/c1-19-13(18)9(4-2-3-7-14)8-5-6-10(15)12(17)11(8)16/h5-6,9H,2-4,7H2,1H3. The molecule has 0 fully saturated rings. The molecule has 0 spiro atoms. The second-order valence-electron chi connectivity index (χ2n) is 4.03. The van der Waals surface area contributed by atoms with Gasteiger partial charge in [-0.25, -0.2) is 13.2 Å². The van der Waals surface area contributed by atoms with Gasteiger partial charge in [0, 0.05) is 11.4 Å². The monoisotopic (exact) mass is 294 g/mol. The normalized spacial score (nSPS) is 12.3. The van der Waals surface area contributed by atoms with Crippen molar-refractivity contribution in [1.82, 2.24) is 0 Å². The lowest BCUT2D eigenvalue weighted by molar-refractivity contribution is -0.142. The Labute approximate surface area is 114 Å². The van der Waals surface area contributed by atoms with Crippen molar-refractivity contribution in [3.05, 3.63) is 35.1 Å². The zero-order chi connectivity index (χ0) is 14.4. The fraction of sp³-hybridized carbons (Fsp3) is 0.462. The second-order valence-corrected chi connectivity index (χ2v) is 4.40. The average molecular weight is 295 g/mol. The number of ether oxygens (including phenoxy) is 1. The SMILES string of the molecule is COC(=O)C(CCCCCl)c1ccc(F)c(F)c1F. The van der Waals surface area contributed by atoms with Gasteiger partial charge in [0.25, 0.3) is 0 Å². The lowest BCUT2D eigenvalue weighted by atomic mass is 9.93. The summed E-state index contributed by atoms with van der Waals surface area (Å²) < 4.78 is 44.3. The summed E-state index contributed by atoms with van der Waals surface area (Å²) >= 11 is 5.52. The van der Waals surface area contributed by atoms with E-state index in [4.69, 9.17) is 11.6 Å². The number of benzene rings is 1. The number of carbonyl (C=O) groups excluding carboxylic acids is 1. The van der Waals surface area contributed by atoms with Crippen molar-refractivity contribution >= 4 is 17.6 Å². The molecule has 19 heavy (non-hydrogen) atoms. The fourth-order valence-electron chi connectivity index (χ4n) is 1.80. The van der Waals surface area contributed by atoms with Gasteiger partial charge in [-0.05, 0) is 18.9 Å². The molecule has 1 atom stereocenters. The van der Waals surface area contributed by atoms with E-state index in [1.165, 1.54) is 0 Å². The molecule has 1 unspecified atom stereocenters. The van der Waals surface area contributed by atoms with Crippen LogP contribution < -0.4 is 0 Å². The van der Waals surface area contributed by atoms with Crippen LogP contribution >= 0.6 is 11.6 Å². The van der Waals surface area contributed by atoms with Crippen LogP contribution in [0.15, 0.2) is 12.1 Å². The van der Waals surface area contributed by atoms with Gasteiger partial charge in [0.1, 0.15) is 0 Å². The van der Waals surface area contributed by atoms with Crippen LogP contribution in [0.3, 0.4) is 0 Å². The Bertz CT molecular complexity index is 452. The predicted octanol–water partition coefficient (Wildman–Crippen LogP) is 3.77. The maximum Gasteiger partial charge on any atom is 0.313 e. The lowest BCUT2D eigenvalue weighted by Crippen LogP contribution is -2.17. The van der Waals surface area contributed by atoms with Crippen LogP contribution in [-0.4, -0.2) is 19.0 Å².